The fourth-order valence-electron chi connectivity index (χ4n) is 1.87. The standard InChI is InChI=1S/C15H13NOS/c1-2-17-12-8-9-13-14(10-12)18-15(16-13)11-6-4-3-5-7-11/h3-10H,2H2,1H3. The monoisotopic (exact) mass is 255 g/mol. The molecule has 0 spiro atoms. The molecule has 0 aliphatic carbocycles. The van der Waals surface area contributed by atoms with Crippen LogP contribution in [0.15, 0.2) is 48.5 Å². The van der Waals surface area contributed by atoms with Crippen LogP contribution in [0.3, 0.4) is 0 Å². The maximum Gasteiger partial charge on any atom is 0.124 e. The molecule has 0 saturated carbocycles. The van der Waals surface area contributed by atoms with Crippen molar-refractivity contribution in [3.05, 3.63) is 48.5 Å². The van der Waals surface area contributed by atoms with Crippen molar-refractivity contribution in [3.63, 3.8) is 0 Å². The third-order valence-corrected chi connectivity index (χ3v) is 3.76. The Morgan fingerprint density at radius 1 is 1.11 bits per heavy atom. The molecule has 0 bridgehead atoms. The summed E-state index contributed by atoms with van der Waals surface area (Å²) in [7, 11) is 0. The highest BCUT2D eigenvalue weighted by Gasteiger charge is 2.06. The highest BCUT2D eigenvalue weighted by Crippen LogP contribution is 2.32. The summed E-state index contributed by atoms with van der Waals surface area (Å²) in [6.45, 7) is 2.68. The first-order valence-electron chi connectivity index (χ1n) is 5.95. The molecule has 3 aromatic rings. The van der Waals surface area contributed by atoms with Crippen LogP contribution in [0.1, 0.15) is 6.92 Å². The number of hydrogen-bond acceptors (Lipinski definition) is 3. The molecule has 0 amide bonds. The Morgan fingerprint density at radius 3 is 2.72 bits per heavy atom. The molecule has 0 radical (unpaired) electrons. The van der Waals surface area contributed by atoms with Crippen molar-refractivity contribution in [2.24, 2.45) is 0 Å². The molecule has 3 heteroatoms. The highest BCUT2D eigenvalue weighted by molar-refractivity contribution is 7.21. The molecule has 90 valence electrons. The SMILES string of the molecule is CCOc1ccc2nc(-c3ccccc3)sc2c1. The van der Waals surface area contributed by atoms with Crippen LogP contribution in [0, 0.1) is 0 Å². The van der Waals surface area contributed by atoms with Gasteiger partial charge in [-0.1, -0.05) is 30.3 Å². The third kappa shape index (κ3) is 2.09. The number of fused-ring (bicyclic) bond motifs is 1. The quantitative estimate of drug-likeness (QED) is 0.693. The van der Waals surface area contributed by atoms with Gasteiger partial charge in [0.15, 0.2) is 0 Å². The zero-order chi connectivity index (χ0) is 12.4. The minimum Gasteiger partial charge on any atom is -0.494 e. The maximum atomic E-state index is 5.51. The molecule has 2 aromatic carbocycles. The number of nitrogens with zero attached hydrogens (tertiary/aromatic N) is 1. The van der Waals surface area contributed by atoms with Gasteiger partial charge in [-0.3, -0.25) is 0 Å². The average Bonchev–Trinajstić information content (AvgIpc) is 2.83. The Morgan fingerprint density at radius 2 is 1.94 bits per heavy atom. The van der Waals surface area contributed by atoms with Crippen molar-refractivity contribution in [2.75, 3.05) is 6.61 Å². The molecule has 1 aromatic heterocycles. The van der Waals surface area contributed by atoms with Crippen LogP contribution in [0.4, 0.5) is 0 Å². The number of ether oxygens (including phenoxy) is 1. The van der Waals surface area contributed by atoms with Gasteiger partial charge in [0.2, 0.25) is 0 Å². The van der Waals surface area contributed by atoms with Gasteiger partial charge < -0.3 is 4.74 Å². The van der Waals surface area contributed by atoms with Crippen LogP contribution in [-0.4, -0.2) is 11.6 Å². The smallest absolute Gasteiger partial charge is 0.124 e. The van der Waals surface area contributed by atoms with E-state index < -0.39 is 0 Å². The van der Waals surface area contributed by atoms with Crippen LogP contribution in [0.2, 0.25) is 0 Å². The van der Waals surface area contributed by atoms with E-state index in [4.69, 9.17) is 4.74 Å². The fraction of sp³-hybridized carbons (Fsp3) is 0.133. The number of benzene rings is 2. The highest BCUT2D eigenvalue weighted by atomic mass is 32.1. The first-order chi connectivity index (χ1) is 8.86. The van der Waals surface area contributed by atoms with E-state index in [0.29, 0.717) is 6.61 Å². The first-order valence-corrected chi connectivity index (χ1v) is 6.77. The Bertz CT molecular complexity index is 661. The largest absolute Gasteiger partial charge is 0.494 e. The number of hydrogen-bond donors (Lipinski definition) is 0. The molecule has 3 rings (SSSR count). The number of aromatic nitrogens is 1. The van der Waals surface area contributed by atoms with Crippen molar-refractivity contribution in [1.29, 1.82) is 0 Å². The lowest BCUT2D eigenvalue weighted by Gasteiger charge is -2.00. The van der Waals surface area contributed by atoms with E-state index in [1.165, 1.54) is 4.70 Å². The molecule has 0 unspecified atom stereocenters. The second-order valence-corrected chi connectivity index (χ2v) is 4.98. The van der Waals surface area contributed by atoms with Crippen molar-refractivity contribution in [3.8, 4) is 16.3 Å². The predicted molar refractivity (Wildman–Crippen MR) is 76.2 cm³/mol. The fourth-order valence-corrected chi connectivity index (χ4v) is 2.87. The topological polar surface area (TPSA) is 22.1 Å². The van der Waals surface area contributed by atoms with Crippen molar-refractivity contribution in [1.82, 2.24) is 4.98 Å². The van der Waals surface area contributed by atoms with Crippen LogP contribution in [-0.2, 0) is 0 Å². The van der Waals surface area contributed by atoms with Gasteiger partial charge in [-0.25, -0.2) is 4.98 Å². The molecule has 1 heterocycles. The second kappa shape index (κ2) is 4.78. The summed E-state index contributed by atoms with van der Waals surface area (Å²) in [5.41, 5.74) is 2.19. The van der Waals surface area contributed by atoms with Gasteiger partial charge in [-0.15, -0.1) is 11.3 Å². The lowest BCUT2D eigenvalue weighted by Crippen LogP contribution is -1.89. The lowest BCUT2D eigenvalue weighted by atomic mass is 10.2. The third-order valence-electron chi connectivity index (χ3n) is 2.69. The summed E-state index contributed by atoms with van der Waals surface area (Å²) in [6.07, 6.45) is 0. The first kappa shape index (κ1) is 11.2. The summed E-state index contributed by atoms with van der Waals surface area (Å²) in [5.74, 6) is 0.910. The van der Waals surface area contributed by atoms with Gasteiger partial charge in [-0.05, 0) is 25.1 Å². The summed E-state index contributed by atoms with van der Waals surface area (Å²) in [4.78, 5) is 4.65. The molecule has 0 saturated heterocycles. The van der Waals surface area contributed by atoms with E-state index in [-0.39, 0.29) is 0 Å². The summed E-state index contributed by atoms with van der Waals surface area (Å²) >= 11 is 1.70. The van der Waals surface area contributed by atoms with E-state index in [0.717, 1.165) is 21.8 Å². The van der Waals surface area contributed by atoms with Crippen molar-refractivity contribution in [2.45, 2.75) is 6.92 Å². The molecule has 18 heavy (non-hydrogen) atoms. The summed E-state index contributed by atoms with van der Waals surface area (Å²) in [5, 5.41) is 1.05. The molecule has 0 atom stereocenters. The van der Waals surface area contributed by atoms with Crippen LogP contribution in [0.5, 0.6) is 5.75 Å². The van der Waals surface area contributed by atoms with Gasteiger partial charge in [0.05, 0.1) is 16.8 Å². The van der Waals surface area contributed by atoms with Crippen LogP contribution in [0.25, 0.3) is 20.8 Å². The molecular weight excluding hydrogens is 242 g/mol. The molecule has 0 fully saturated rings. The minimum atomic E-state index is 0.690. The Kier molecular flexibility index (Phi) is 2.99. The zero-order valence-corrected chi connectivity index (χ0v) is 10.9. The van der Waals surface area contributed by atoms with E-state index in [2.05, 4.69) is 23.2 Å². The number of thiazole rings is 1. The van der Waals surface area contributed by atoms with Crippen LogP contribution < -0.4 is 4.74 Å². The van der Waals surface area contributed by atoms with E-state index in [1.54, 1.807) is 11.3 Å². The minimum absolute atomic E-state index is 0.690. The van der Waals surface area contributed by atoms with E-state index in [1.807, 2.05) is 37.3 Å². The average molecular weight is 255 g/mol. The Labute approximate surface area is 110 Å². The van der Waals surface area contributed by atoms with E-state index >= 15 is 0 Å². The molecule has 2 nitrogen and oxygen atoms in total. The van der Waals surface area contributed by atoms with Crippen LogP contribution >= 0.6 is 11.3 Å². The Hall–Kier alpha value is -1.87. The summed E-state index contributed by atoms with van der Waals surface area (Å²) < 4.78 is 6.67. The number of rotatable bonds is 3. The van der Waals surface area contributed by atoms with Crippen molar-refractivity contribution < 1.29 is 4.74 Å². The molecular formula is C15H13NOS. The normalized spacial score (nSPS) is 10.7. The van der Waals surface area contributed by atoms with Gasteiger partial charge in [0.1, 0.15) is 10.8 Å². The van der Waals surface area contributed by atoms with E-state index in [9.17, 15) is 0 Å². The zero-order valence-electron chi connectivity index (χ0n) is 10.1. The molecule has 0 N–H and O–H groups in total. The summed E-state index contributed by atoms with van der Waals surface area (Å²) in [6, 6.07) is 16.3. The van der Waals surface area contributed by atoms with Gasteiger partial charge in [0, 0.05) is 5.56 Å². The van der Waals surface area contributed by atoms with Gasteiger partial charge in [-0.2, -0.15) is 0 Å². The second-order valence-electron chi connectivity index (χ2n) is 3.95. The van der Waals surface area contributed by atoms with Gasteiger partial charge in [0.25, 0.3) is 0 Å². The van der Waals surface area contributed by atoms with Crippen molar-refractivity contribution >= 4 is 21.6 Å². The Balaban J connectivity index is 2.06. The molecule has 0 aliphatic rings. The van der Waals surface area contributed by atoms with Gasteiger partial charge >= 0.3 is 0 Å². The lowest BCUT2D eigenvalue weighted by molar-refractivity contribution is 0.341. The maximum absolute atomic E-state index is 5.51. The predicted octanol–water partition coefficient (Wildman–Crippen LogP) is 4.36. The molecule has 0 aliphatic heterocycles.